The molecule has 0 amide bonds. The fourth-order valence-electron chi connectivity index (χ4n) is 3.19. The molecule has 3 rings (SSSR count). The number of rotatable bonds is 7. The zero-order chi connectivity index (χ0) is 24.3. The number of halogens is 2. The number of nitrogens with zero attached hydrogens (tertiary/aromatic N) is 3. The van der Waals surface area contributed by atoms with Crippen molar-refractivity contribution in [3.63, 3.8) is 0 Å². The first-order chi connectivity index (χ1) is 15.5. The van der Waals surface area contributed by atoms with Crippen LogP contribution in [0.3, 0.4) is 0 Å². The lowest BCUT2D eigenvalue weighted by molar-refractivity contribution is 0.202. The molecule has 1 heterocycles. The first kappa shape index (κ1) is 25.4. The number of hydrogen-bond donors (Lipinski definition) is 0. The molecular weight excluding hydrogens is 550 g/mol. The van der Waals surface area contributed by atoms with E-state index >= 15 is 0 Å². The third kappa shape index (κ3) is 5.84. The van der Waals surface area contributed by atoms with E-state index in [0.717, 1.165) is 20.9 Å². The Kier molecular flexibility index (Phi) is 8.00. The van der Waals surface area contributed by atoms with Crippen LogP contribution < -0.4 is 15.0 Å². The van der Waals surface area contributed by atoms with Crippen molar-refractivity contribution < 1.29 is 9.47 Å². The molecule has 0 N–H and O–H groups in total. The molecule has 2 aromatic carbocycles. The van der Waals surface area contributed by atoms with Crippen molar-refractivity contribution in [1.29, 1.82) is 0 Å². The normalized spacial score (nSPS) is 13.0. The largest absolute Gasteiger partial charge is 0.490 e. The molecule has 8 heteroatoms. The third-order valence-corrected chi connectivity index (χ3v) is 6.11. The number of fused-ring (bicyclic) bond motifs is 1. The van der Waals surface area contributed by atoms with Crippen LogP contribution in [0.1, 0.15) is 59.4 Å². The monoisotopic (exact) mass is 577 g/mol. The van der Waals surface area contributed by atoms with Crippen LogP contribution >= 0.6 is 31.9 Å². The predicted octanol–water partition coefficient (Wildman–Crippen LogP) is 6.68. The van der Waals surface area contributed by atoms with Gasteiger partial charge in [-0.15, -0.1) is 0 Å². The smallest absolute Gasteiger partial charge is 0.282 e. The lowest BCUT2D eigenvalue weighted by Gasteiger charge is -2.21. The Hall–Kier alpha value is -2.19. The van der Waals surface area contributed by atoms with Gasteiger partial charge in [-0.2, -0.15) is 9.78 Å². The fraction of sp³-hybridized carbons (Fsp3) is 0.400. The van der Waals surface area contributed by atoms with E-state index in [2.05, 4.69) is 43.9 Å². The van der Waals surface area contributed by atoms with E-state index in [9.17, 15) is 4.79 Å². The maximum Gasteiger partial charge on any atom is 0.282 e. The van der Waals surface area contributed by atoms with Gasteiger partial charge < -0.3 is 9.47 Å². The summed E-state index contributed by atoms with van der Waals surface area (Å²) >= 11 is 7.04. The zero-order valence-electron chi connectivity index (χ0n) is 19.8. The van der Waals surface area contributed by atoms with E-state index in [4.69, 9.17) is 14.5 Å². The second kappa shape index (κ2) is 10.4. The summed E-state index contributed by atoms with van der Waals surface area (Å²) < 4.78 is 14.8. The highest BCUT2D eigenvalue weighted by atomic mass is 79.9. The Bertz CT molecular complexity index is 1250. The second-order valence-corrected chi connectivity index (χ2v) is 10.6. The van der Waals surface area contributed by atoms with Gasteiger partial charge in [-0.25, -0.2) is 4.98 Å². The summed E-state index contributed by atoms with van der Waals surface area (Å²) in [6, 6.07) is 9.25. The number of aromatic nitrogens is 2. The van der Waals surface area contributed by atoms with Crippen LogP contribution in [0.15, 0.2) is 49.2 Å². The highest BCUT2D eigenvalue weighted by Gasteiger charge is 2.23. The third-order valence-electron chi connectivity index (χ3n) is 5.03. The second-order valence-electron chi connectivity index (χ2n) is 8.81. The Labute approximate surface area is 211 Å². The summed E-state index contributed by atoms with van der Waals surface area (Å²) in [7, 11) is 0. The van der Waals surface area contributed by atoms with Gasteiger partial charge in [0.05, 0.1) is 34.3 Å². The average Bonchev–Trinajstić information content (AvgIpc) is 2.75. The van der Waals surface area contributed by atoms with Crippen LogP contribution in [0, 0.1) is 0 Å². The summed E-state index contributed by atoms with van der Waals surface area (Å²) in [5, 5.41) is 5.06. The van der Waals surface area contributed by atoms with E-state index in [0.29, 0.717) is 34.8 Å². The maximum atomic E-state index is 13.3. The molecule has 176 valence electrons. The fourth-order valence-corrected chi connectivity index (χ4v) is 4.10. The Morgan fingerprint density at radius 3 is 2.55 bits per heavy atom. The van der Waals surface area contributed by atoms with Gasteiger partial charge in [0.1, 0.15) is 5.82 Å². The standard InChI is InChI=1S/C25H29Br2N3O3/c1-7-15(3)33-22-19(27)11-16(12-21(22)32-8-2)14-28-30-23(31)18-13-17(26)9-10-20(18)29-24(30)25(4,5)6/h9-15H,7-8H2,1-6H3/t15-/m0/s1. The number of hydrogen-bond acceptors (Lipinski definition) is 5. The highest BCUT2D eigenvalue weighted by Crippen LogP contribution is 2.37. The molecule has 0 unspecified atom stereocenters. The van der Waals surface area contributed by atoms with Crippen LogP contribution in [0.4, 0.5) is 0 Å². The van der Waals surface area contributed by atoms with Crippen LogP contribution in [0.25, 0.3) is 10.9 Å². The molecule has 0 aliphatic carbocycles. The van der Waals surface area contributed by atoms with Gasteiger partial charge in [0.2, 0.25) is 0 Å². The summed E-state index contributed by atoms with van der Waals surface area (Å²) in [6.45, 7) is 12.5. The molecule has 0 fully saturated rings. The lowest BCUT2D eigenvalue weighted by Crippen LogP contribution is -2.29. The average molecular weight is 579 g/mol. The SMILES string of the molecule is CCOc1cc(C=Nn2c(C(C)(C)C)nc3ccc(Br)cc3c2=O)cc(Br)c1O[C@@H](C)CC. The zero-order valence-corrected chi connectivity index (χ0v) is 22.9. The minimum atomic E-state index is -0.386. The molecule has 0 aliphatic heterocycles. The number of benzene rings is 2. The van der Waals surface area contributed by atoms with Crippen LogP contribution in [-0.2, 0) is 5.41 Å². The van der Waals surface area contributed by atoms with Gasteiger partial charge in [0, 0.05) is 9.89 Å². The van der Waals surface area contributed by atoms with Crippen LogP contribution in [-0.4, -0.2) is 28.6 Å². The molecule has 0 saturated heterocycles. The minimum Gasteiger partial charge on any atom is -0.490 e. The highest BCUT2D eigenvalue weighted by molar-refractivity contribution is 9.10. The van der Waals surface area contributed by atoms with Crippen LogP contribution in [0.5, 0.6) is 11.5 Å². The number of ether oxygens (including phenoxy) is 2. The van der Waals surface area contributed by atoms with Gasteiger partial charge in [-0.1, -0.05) is 43.6 Å². The molecule has 33 heavy (non-hydrogen) atoms. The molecular formula is C25H29Br2N3O3. The molecule has 0 bridgehead atoms. The van der Waals surface area contributed by atoms with E-state index in [1.54, 1.807) is 12.3 Å². The van der Waals surface area contributed by atoms with Gasteiger partial charge >= 0.3 is 0 Å². The van der Waals surface area contributed by atoms with E-state index in [1.807, 2.05) is 58.9 Å². The van der Waals surface area contributed by atoms with Crippen molar-refractivity contribution in [3.8, 4) is 11.5 Å². The summed E-state index contributed by atoms with van der Waals surface area (Å²) in [5.74, 6) is 1.87. The van der Waals surface area contributed by atoms with Crippen molar-refractivity contribution in [2.24, 2.45) is 5.10 Å². The van der Waals surface area contributed by atoms with Crippen molar-refractivity contribution in [2.75, 3.05) is 6.61 Å². The molecule has 6 nitrogen and oxygen atoms in total. The molecule has 0 radical (unpaired) electrons. The first-order valence-corrected chi connectivity index (χ1v) is 12.5. The van der Waals surface area contributed by atoms with E-state index < -0.39 is 0 Å². The Morgan fingerprint density at radius 2 is 1.91 bits per heavy atom. The summed E-state index contributed by atoms with van der Waals surface area (Å²) in [5.41, 5.74) is 0.807. The maximum absolute atomic E-state index is 13.3. The Morgan fingerprint density at radius 1 is 1.18 bits per heavy atom. The lowest BCUT2D eigenvalue weighted by atomic mass is 9.95. The minimum absolute atomic E-state index is 0.0518. The van der Waals surface area contributed by atoms with Crippen molar-refractivity contribution in [1.82, 2.24) is 9.66 Å². The topological polar surface area (TPSA) is 65.7 Å². The van der Waals surface area contributed by atoms with Gasteiger partial charge in [0.25, 0.3) is 5.56 Å². The molecule has 1 atom stereocenters. The van der Waals surface area contributed by atoms with Crippen molar-refractivity contribution in [2.45, 2.75) is 59.5 Å². The molecule has 3 aromatic rings. The predicted molar refractivity (Wildman–Crippen MR) is 141 cm³/mol. The first-order valence-electron chi connectivity index (χ1n) is 10.9. The quantitative estimate of drug-likeness (QED) is 0.293. The van der Waals surface area contributed by atoms with Crippen LogP contribution in [0.2, 0.25) is 0 Å². The molecule has 0 aliphatic rings. The van der Waals surface area contributed by atoms with E-state index in [-0.39, 0.29) is 17.1 Å². The van der Waals surface area contributed by atoms with E-state index in [1.165, 1.54) is 4.68 Å². The Balaban J connectivity index is 2.13. The molecule has 0 spiro atoms. The van der Waals surface area contributed by atoms with Gasteiger partial charge in [-0.3, -0.25) is 4.79 Å². The van der Waals surface area contributed by atoms with Crippen molar-refractivity contribution >= 4 is 49.0 Å². The summed E-state index contributed by atoms with van der Waals surface area (Å²) in [4.78, 5) is 18.1. The van der Waals surface area contributed by atoms with Gasteiger partial charge in [0.15, 0.2) is 11.5 Å². The molecule has 1 aromatic heterocycles. The summed E-state index contributed by atoms with van der Waals surface area (Å²) in [6.07, 6.45) is 2.57. The van der Waals surface area contributed by atoms with Crippen molar-refractivity contribution in [3.05, 3.63) is 61.0 Å². The van der Waals surface area contributed by atoms with Gasteiger partial charge in [-0.05, 0) is 72.1 Å². The molecule has 0 saturated carbocycles.